The topological polar surface area (TPSA) is 90.0 Å². The van der Waals surface area contributed by atoms with Crippen molar-refractivity contribution in [2.75, 3.05) is 0 Å². The van der Waals surface area contributed by atoms with Crippen LogP contribution in [0.2, 0.25) is 0 Å². The van der Waals surface area contributed by atoms with Crippen LogP contribution in [0.25, 0.3) is 5.69 Å². The number of benzene rings is 1. The first-order valence-corrected chi connectivity index (χ1v) is 7.87. The van der Waals surface area contributed by atoms with Crippen molar-refractivity contribution in [2.24, 2.45) is 11.1 Å². The molecule has 1 saturated carbocycles. The summed E-state index contributed by atoms with van der Waals surface area (Å²) in [5.41, 5.74) is 5.56. The lowest BCUT2D eigenvalue weighted by molar-refractivity contribution is -0.135. The minimum absolute atomic E-state index is 0.111. The van der Waals surface area contributed by atoms with Gasteiger partial charge in [-0.25, -0.2) is 13.5 Å². The fourth-order valence-electron chi connectivity index (χ4n) is 2.87. The van der Waals surface area contributed by atoms with Gasteiger partial charge in [0, 0.05) is 17.3 Å². The fraction of sp³-hybridized carbons (Fsp3) is 0.353. The molecule has 1 aromatic carbocycles. The van der Waals surface area contributed by atoms with E-state index in [1.165, 1.54) is 16.9 Å². The van der Waals surface area contributed by atoms with Crippen molar-refractivity contribution in [3.63, 3.8) is 0 Å². The molecule has 1 aliphatic carbocycles. The maximum Gasteiger partial charge on any atom is 0.236 e. The first-order valence-electron chi connectivity index (χ1n) is 7.87. The van der Waals surface area contributed by atoms with Crippen LogP contribution in [0.3, 0.4) is 0 Å². The summed E-state index contributed by atoms with van der Waals surface area (Å²) in [4.78, 5) is 23.7. The Balaban J connectivity index is 1.83. The molecule has 1 heterocycles. The van der Waals surface area contributed by atoms with Crippen LogP contribution >= 0.6 is 0 Å². The third kappa shape index (κ3) is 2.88. The van der Waals surface area contributed by atoms with Gasteiger partial charge in [0.1, 0.15) is 16.9 Å². The van der Waals surface area contributed by atoms with Gasteiger partial charge < -0.3 is 11.1 Å². The minimum atomic E-state index is -1.11. The van der Waals surface area contributed by atoms with Gasteiger partial charge in [-0.3, -0.25) is 9.59 Å². The van der Waals surface area contributed by atoms with Crippen LogP contribution in [0.1, 0.15) is 37.1 Å². The molecule has 8 heteroatoms. The highest BCUT2D eigenvalue weighted by molar-refractivity contribution is 6.07. The van der Waals surface area contributed by atoms with Gasteiger partial charge in [0.15, 0.2) is 5.82 Å². The molecule has 2 amide bonds. The molecule has 0 radical (unpaired) electrons. The van der Waals surface area contributed by atoms with Gasteiger partial charge >= 0.3 is 0 Å². The Hall–Kier alpha value is -2.77. The summed E-state index contributed by atoms with van der Waals surface area (Å²) >= 11 is 0. The molecule has 1 atom stereocenters. The van der Waals surface area contributed by atoms with Crippen molar-refractivity contribution in [3.8, 4) is 5.69 Å². The zero-order valence-corrected chi connectivity index (χ0v) is 13.8. The number of aromatic nitrogens is 2. The fourth-order valence-corrected chi connectivity index (χ4v) is 2.87. The van der Waals surface area contributed by atoms with E-state index >= 15 is 0 Å². The summed E-state index contributed by atoms with van der Waals surface area (Å²) in [5, 5.41) is 6.89. The summed E-state index contributed by atoms with van der Waals surface area (Å²) < 4.78 is 28.4. The van der Waals surface area contributed by atoms with E-state index in [0.29, 0.717) is 24.1 Å². The van der Waals surface area contributed by atoms with Crippen molar-refractivity contribution in [2.45, 2.75) is 32.7 Å². The number of hydrogen-bond donors (Lipinski definition) is 2. The number of nitrogens with zero attached hydrogens (tertiary/aromatic N) is 2. The average Bonchev–Trinajstić information content (AvgIpc) is 3.27. The molecule has 3 rings (SSSR count). The number of rotatable bonds is 5. The monoisotopic (exact) mass is 348 g/mol. The highest BCUT2D eigenvalue weighted by Crippen LogP contribution is 2.45. The molecule has 3 N–H and O–H groups in total. The molecular weight excluding hydrogens is 330 g/mol. The molecule has 0 saturated heterocycles. The van der Waals surface area contributed by atoms with Crippen LogP contribution in [0, 0.1) is 24.0 Å². The summed E-state index contributed by atoms with van der Waals surface area (Å²) in [6.07, 6.45) is 2.40. The predicted octanol–water partition coefficient (Wildman–Crippen LogP) is 1.90. The van der Waals surface area contributed by atoms with Gasteiger partial charge in [0.2, 0.25) is 11.8 Å². The first kappa shape index (κ1) is 17.1. The molecule has 1 aromatic heterocycles. The van der Waals surface area contributed by atoms with Gasteiger partial charge in [-0.05, 0) is 38.8 Å². The Labute approximate surface area is 143 Å². The standard InChI is InChI=1S/C17H18F2N4O2/c1-9(22-16(25)17(5-6-17)15(20)24)12-8-21-23(10(12)2)14-4-3-11(18)7-13(14)19/h3-4,7-9H,5-6H2,1-2H3,(H2,20,24)(H,22,25)/t9-/m0/s1. The Morgan fingerprint density at radius 1 is 1.36 bits per heavy atom. The summed E-state index contributed by atoms with van der Waals surface area (Å²) in [6, 6.07) is 2.78. The van der Waals surface area contributed by atoms with E-state index in [0.717, 1.165) is 12.1 Å². The van der Waals surface area contributed by atoms with Gasteiger partial charge in [0.25, 0.3) is 0 Å². The van der Waals surface area contributed by atoms with Crippen LogP contribution in [0.4, 0.5) is 8.78 Å². The third-order valence-corrected chi connectivity index (χ3v) is 4.66. The number of nitrogens with one attached hydrogen (secondary N) is 1. The molecule has 1 fully saturated rings. The molecule has 0 bridgehead atoms. The molecule has 0 unspecified atom stereocenters. The molecule has 0 aliphatic heterocycles. The van der Waals surface area contributed by atoms with Gasteiger partial charge in [-0.1, -0.05) is 0 Å². The number of nitrogens with two attached hydrogens (primary N) is 1. The van der Waals surface area contributed by atoms with Crippen LogP contribution in [-0.4, -0.2) is 21.6 Å². The molecule has 0 spiro atoms. The van der Waals surface area contributed by atoms with E-state index < -0.39 is 34.9 Å². The molecular formula is C17H18F2N4O2. The highest BCUT2D eigenvalue weighted by Gasteiger charge is 2.55. The second-order valence-corrected chi connectivity index (χ2v) is 6.33. The summed E-state index contributed by atoms with van der Waals surface area (Å²) in [7, 11) is 0. The Morgan fingerprint density at radius 2 is 2.04 bits per heavy atom. The number of amides is 2. The Morgan fingerprint density at radius 3 is 2.60 bits per heavy atom. The van der Waals surface area contributed by atoms with Crippen LogP contribution in [0.15, 0.2) is 24.4 Å². The largest absolute Gasteiger partial charge is 0.369 e. The SMILES string of the molecule is Cc1c([C@H](C)NC(=O)C2(C(N)=O)CC2)cnn1-c1ccc(F)cc1F. The number of carbonyl (C=O) groups excluding carboxylic acids is 2. The lowest BCUT2D eigenvalue weighted by Gasteiger charge is -2.17. The highest BCUT2D eigenvalue weighted by atomic mass is 19.1. The van der Waals surface area contributed by atoms with Crippen LogP contribution in [-0.2, 0) is 9.59 Å². The lowest BCUT2D eigenvalue weighted by Crippen LogP contribution is -2.41. The zero-order valence-electron chi connectivity index (χ0n) is 13.8. The molecule has 1 aliphatic rings. The van der Waals surface area contributed by atoms with E-state index in [2.05, 4.69) is 10.4 Å². The van der Waals surface area contributed by atoms with Gasteiger partial charge in [-0.2, -0.15) is 5.10 Å². The molecule has 2 aromatic rings. The van der Waals surface area contributed by atoms with Crippen molar-refractivity contribution in [1.82, 2.24) is 15.1 Å². The Bertz CT molecular complexity index is 858. The number of primary amides is 1. The molecule has 25 heavy (non-hydrogen) atoms. The van der Waals surface area contributed by atoms with E-state index in [1.54, 1.807) is 13.8 Å². The summed E-state index contributed by atoms with van der Waals surface area (Å²) in [6.45, 7) is 3.46. The second kappa shape index (κ2) is 5.94. The number of hydrogen-bond acceptors (Lipinski definition) is 3. The van der Waals surface area contributed by atoms with Crippen molar-refractivity contribution < 1.29 is 18.4 Å². The third-order valence-electron chi connectivity index (χ3n) is 4.66. The van der Waals surface area contributed by atoms with Crippen LogP contribution in [0.5, 0.6) is 0 Å². The first-order chi connectivity index (χ1) is 11.8. The smallest absolute Gasteiger partial charge is 0.236 e. The quantitative estimate of drug-likeness (QED) is 0.809. The van der Waals surface area contributed by atoms with Gasteiger partial charge in [0.05, 0.1) is 12.2 Å². The van der Waals surface area contributed by atoms with Gasteiger partial charge in [-0.15, -0.1) is 0 Å². The van der Waals surface area contributed by atoms with E-state index in [4.69, 9.17) is 5.73 Å². The minimum Gasteiger partial charge on any atom is -0.369 e. The number of carbonyl (C=O) groups is 2. The Kier molecular flexibility index (Phi) is 4.06. The average molecular weight is 348 g/mol. The number of halogens is 2. The normalized spacial score (nSPS) is 16.3. The van der Waals surface area contributed by atoms with Crippen molar-refractivity contribution in [3.05, 3.63) is 47.3 Å². The van der Waals surface area contributed by atoms with E-state index in [9.17, 15) is 18.4 Å². The summed E-state index contributed by atoms with van der Waals surface area (Å²) in [5.74, 6) is -2.45. The van der Waals surface area contributed by atoms with E-state index in [-0.39, 0.29) is 5.69 Å². The van der Waals surface area contributed by atoms with E-state index in [1.807, 2.05) is 0 Å². The molecule has 6 nitrogen and oxygen atoms in total. The maximum atomic E-state index is 14.0. The lowest BCUT2D eigenvalue weighted by atomic mass is 10.0. The van der Waals surface area contributed by atoms with Crippen molar-refractivity contribution >= 4 is 11.8 Å². The second-order valence-electron chi connectivity index (χ2n) is 6.33. The maximum absolute atomic E-state index is 14.0. The van der Waals surface area contributed by atoms with Crippen LogP contribution < -0.4 is 11.1 Å². The molecule has 132 valence electrons. The zero-order chi connectivity index (χ0) is 18.4. The van der Waals surface area contributed by atoms with Crippen molar-refractivity contribution in [1.29, 1.82) is 0 Å². The predicted molar refractivity (Wildman–Crippen MR) is 85.6 cm³/mol.